The Balaban J connectivity index is 1.59. The number of aliphatic hydroxyl groups is 1. The van der Waals surface area contributed by atoms with Crippen LogP contribution in [-0.2, 0) is 22.6 Å². The molecule has 3 rings (SSSR count). The minimum Gasteiger partial charge on any atom is -0.383 e. The second-order valence-corrected chi connectivity index (χ2v) is 6.02. The van der Waals surface area contributed by atoms with Crippen LogP contribution in [0, 0.1) is 0 Å². The first-order valence-electron chi connectivity index (χ1n) is 7.97. The Hall–Kier alpha value is -1.89. The van der Waals surface area contributed by atoms with Crippen molar-refractivity contribution in [2.24, 2.45) is 0 Å². The van der Waals surface area contributed by atoms with Crippen molar-refractivity contribution in [1.82, 2.24) is 14.7 Å². The van der Waals surface area contributed by atoms with E-state index in [-0.39, 0.29) is 18.4 Å². The van der Waals surface area contributed by atoms with Gasteiger partial charge in [-0.2, -0.15) is 5.10 Å². The molecule has 0 bridgehead atoms. The number of hydrogen-bond acceptors (Lipinski definition) is 4. The van der Waals surface area contributed by atoms with Crippen molar-refractivity contribution in [3.8, 4) is 0 Å². The van der Waals surface area contributed by atoms with E-state index < -0.39 is 6.10 Å². The summed E-state index contributed by atoms with van der Waals surface area (Å²) in [6.45, 7) is 1.38. The molecule has 0 saturated carbocycles. The summed E-state index contributed by atoms with van der Waals surface area (Å²) in [5.74, 6) is -0.0700. The number of rotatable bonds is 3. The van der Waals surface area contributed by atoms with Gasteiger partial charge in [0.2, 0.25) is 5.91 Å². The van der Waals surface area contributed by atoms with Crippen LogP contribution in [-0.4, -0.2) is 50.8 Å². The molecular weight excluding hydrogens is 284 g/mol. The lowest BCUT2D eigenvalue weighted by Gasteiger charge is -2.21. The smallest absolute Gasteiger partial charge is 0.251 e. The van der Waals surface area contributed by atoms with Gasteiger partial charge in [-0.15, -0.1) is 0 Å². The van der Waals surface area contributed by atoms with Gasteiger partial charge < -0.3 is 15.3 Å². The molecule has 0 radical (unpaired) electrons. The summed E-state index contributed by atoms with van der Waals surface area (Å²) in [6, 6.07) is 1.90. The summed E-state index contributed by atoms with van der Waals surface area (Å²) < 4.78 is 1.93. The van der Waals surface area contributed by atoms with Gasteiger partial charge in [-0.1, -0.05) is 0 Å². The third-order valence-corrected chi connectivity index (χ3v) is 4.27. The van der Waals surface area contributed by atoms with Crippen LogP contribution in [0.5, 0.6) is 0 Å². The van der Waals surface area contributed by atoms with Crippen LogP contribution in [0.15, 0.2) is 6.07 Å². The fourth-order valence-electron chi connectivity index (χ4n) is 3.08. The molecular formula is C15H22N4O3. The van der Waals surface area contributed by atoms with Crippen LogP contribution in [0.4, 0.5) is 5.82 Å². The van der Waals surface area contributed by atoms with E-state index in [0.717, 1.165) is 44.3 Å². The second-order valence-electron chi connectivity index (χ2n) is 6.02. The minimum absolute atomic E-state index is 0.0297. The second kappa shape index (κ2) is 6.48. The van der Waals surface area contributed by atoms with Crippen molar-refractivity contribution in [2.75, 3.05) is 18.4 Å². The zero-order valence-corrected chi connectivity index (χ0v) is 12.6. The minimum atomic E-state index is -0.977. The Kier molecular flexibility index (Phi) is 4.42. The maximum absolute atomic E-state index is 12.1. The number of aliphatic hydroxyl groups excluding tert-OH is 1. The lowest BCUT2D eigenvalue weighted by Crippen LogP contribution is -2.42. The quantitative estimate of drug-likeness (QED) is 0.853. The Morgan fingerprint density at radius 1 is 1.32 bits per heavy atom. The van der Waals surface area contributed by atoms with E-state index in [1.807, 2.05) is 10.7 Å². The van der Waals surface area contributed by atoms with Crippen LogP contribution >= 0.6 is 0 Å². The van der Waals surface area contributed by atoms with Crippen molar-refractivity contribution in [3.05, 3.63) is 11.8 Å². The average molecular weight is 306 g/mol. The van der Waals surface area contributed by atoms with Gasteiger partial charge in [-0.25, -0.2) is 0 Å². The number of carbonyl (C=O) groups excluding carboxylic acids is 2. The van der Waals surface area contributed by atoms with Gasteiger partial charge in [0, 0.05) is 24.8 Å². The van der Waals surface area contributed by atoms with Gasteiger partial charge in [0.05, 0.1) is 6.54 Å². The average Bonchev–Trinajstić information content (AvgIpc) is 2.84. The Bertz CT molecular complexity index is 546. The van der Waals surface area contributed by atoms with E-state index in [2.05, 4.69) is 10.4 Å². The first-order valence-corrected chi connectivity index (χ1v) is 7.97. The Morgan fingerprint density at radius 2 is 2.14 bits per heavy atom. The number of fused-ring (bicyclic) bond motifs is 1. The van der Waals surface area contributed by atoms with Crippen molar-refractivity contribution in [1.29, 1.82) is 0 Å². The lowest BCUT2D eigenvalue weighted by molar-refractivity contribution is -0.141. The number of amides is 2. The number of likely N-dealkylation sites (tertiary alicyclic amines) is 1. The third-order valence-electron chi connectivity index (χ3n) is 4.27. The van der Waals surface area contributed by atoms with Gasteiger partial charge in [0.1, 0.15) is 6.10 Å². The molecule has 1 unspecified atom stereocenters. The topological polar surface area (TPSA) is 87.5 Å². The van der Waals surface area contributed by atoms with E-state index in [0.29, 0.717) is 18.8 Å². The summed E-state index contributed by atoms with van der Waals surface area (Å²) in [5, 5.41) is 16.8. The highest BCUT2D eigenvalue weighted by molar-refractivity contribution is 5.94. The fourth-order valence-corrected chi connectivity index (χ4v) is 3.08. The Morgan fingerprint density at radius 3 is 2.95 bits per heavy atom. The molecule has 1 fully saturated rings. The molecule has 0 spiro atoms. The number of carbonyl (C=O) groups is 2. The van der Waals surface area contributed by atoms with E-state index in [1.165, 1.54) is 4.90 Å². The monoisotopic (exact) mass is 306 g/mol. The lowest BCUT2D eigenvalue weighted by atomic mass is 10.1. The first-order chi connectivity index (χ1) is 10.6. The largest absolute Gasteiger partial charge is 0.383 e. The van der Waals surface area contributed by atoms with Gasteiger partial charge in [-0.3, -0.25) is 14.3 Å². The van der Waals surface area contributed by atoms with E-state index in [9.17, 15) is 14.7 Å². The van der Waals surface area contributed by atoms with Gasteiger partial charge in [0.15, 0.2) is 5.82 Å². The van der Waals surface area contributed by atoms with Crippen LogP contribution in [0.3, 0.4) is 0 Å². The van der Waals surface area contributed by atoms with Crippen molar-refractivity contribution in [2.45, 2.75) is 51.2 Å². The predicted octanol–water partition coefficient (Wildman–Crippen LogP) is 0.531. The highest BCUT2D eigenvalue weighted by Gasteiger charge is 2.26. The number of anilines is 1. The zero-order valence-electron chi connectivity index (χ0n) is 12.6. The van der Waals surface area contributed by atoms with Crippen molar-refractivity contribution >= 4 is 17.6 Å². The van der Waals surface area contributed by atoms with Gasteiger partial charge in [0.25, 0.3) is 5.91 Å². The molecule has 22 heavy (non-hydrogen) atoms. The van der Waals surface area contributed by atoms with E-state index in [4.69, 9.17) is 0 Å². The number of nitrogens with one attached hydrogen (secondary N) is 1. The molecule has 1 atom stereocenters. The molecule has 2 amide bonds. The summed E-state index contributed by atoms with van der Waals surface area (Å²) >= 11 is 0. The highest BCUT2D eigenvalue weighted by atomic mass is 16.3. The third kappa shape index (κ3) is 3.30. The number of nitrogens with zero attached hydrogens (tertiary/aromatic N) is 3. The molecule has 7 nitrogen and oxygen atoms in total. The van der Waals surface area contributed by atoms with Crippen LogP contribution in [0.25, 0.3) is 0 Å². The molecule has 0 aromatic carbocycles. The molecule has 2 aliphatic rings. The van der Waals surface area contributed by atoms with Gasteiger partial charge >= 0.3 is 0 Å². The maximum atomic E-state index is 12.1. The van der Waals surface area contributed by atoms with E-state index in [1.54, 1.807) is 0 Å². The van der Waals surface area contributed by atoms with Crippen LogP contribution < -0.4 is 5.32 Å². The van der Waals surface area contributed by atoms with Crippen molar-refractivity contribution in [3.63, 3.8) is 0 Å². The summed E-state index contributed by atoms with van der Waals surface area (Å²) in [7, 11) is 0. The molecule has 1 aromatic rings. The standard InChI is InChI=1S/C15H22N4O3/c20-12-6-2-3-7-18(15(12)22)10-14(21)16-13-9-11-5-1-4-8-19(11)17-13/h9,12,20H,1-8,10H2,(H,16,17,21). The number of hydrogen-bond donors (Lipinski definition) is 2. The Labute approximate surface area is 129 Å². The van der Waals surface area contributed by atoms with Crippen molar-refractivity contribution < 1.29 is 14.7 Å². The molecule has 1 saturated heterocycles. The molecule has 7 heteroatoms. The molecule has 3 heterocycles. The molecule has 1 aromatic heterocycles. The zero-order chi connectivity index (χ0) is 15.5. The van der Waals surface area contributed by atoms with Gasteiger partial charge in [-0.05, 0) is 38.5 Å². The first kappa shape index (κ1) is 15.0. The summed E-state index contributed by atoms with van der Waals surface area (Å²) in [6.07, 6.45) is 4.37. The normalized spacial score (nSPS) is 22.1. The molecule has 2 aliphatic heterocycles. The van der Waals surface area contributed by atoms with Crippen LogP contribution in [0.2, 0.25) is 0 Å². The fraction of sp³-hybridized carbons (Fsp3) is 0.667. The maximum Gasteiger partial charge on any atom is 0.251 e. The SMILES string of the molecule is O=C(CN1CCCCC(O)C1=O)Nc1cc2n(n1)CCCC2. The highest BCUT2D eigenvalue weighted by Crippen LogP contribution is 2.18. The summed E-state index contributed by atoms with van der Waals surface area (Å²) in [5.41, 5.74) is 1.14. The number of aromatic nitrogens is 2. The molecule has 120 valence electrons. The predicted molar refractivity (Wildman–Crippen MR) is 80.2 cm³/mol. The summed E-state index contributed by atoms with van der Waals surface area (Å²) in [4.78, 5) is 25.5. The van der Waals surface area contributed by atoms with E-state index >= 15 is 0 Å². The molecule has 0 aliphatic carbocycles. The van der Waals surface area contributed by atoms with Crippen LogP contribution in [0.1, 0.15) is 37.8 Å². The number of aryl methyl sites for hydroxylation is 2. The molecule has 2 N–H and O–H groups in total.